The third-order valence-corrected chi connectivity index (χ3v) is 6.86. The van der Waals surface area contributed by atoms with Crippen molar-refractivity contribution in [2.24, 2.45) is 0 Å². The highest BCUT2D eigenvalue weighted by Gasteiger charge is 2.14. The molecule has 5 rings (SSSR count). The number of anilines is 1. The lowest BCUT2D eigenvalue weighted by Crippen LogP contribution is -2.26. The number of likely N-dealkylation sites (tertiary alicyclic amines) is 1. The maximum absolute atomic E-state index is 13.3. The predicted octanol–water partition coefficient (Wildman–Crippen LogP) is 5.28. The van der Waals surface area contributed by atoms with E-state index in [0.717, 1.165) is 52.4 Å². The van der Waals surface area contributed by atoms with E-state index in [1.165, 1.54) is 25.9 Å². The smallest absolute Gasteiger partial charge is 0.167 e. The first kappa shape index (κ1) is 23.8. The minimum absolute atomic E-state index is 0.0982. The zero-order valence-electron chi connectivity index (χ0n) is 21.1. The minimum Gasteiger partial charge on any atom is -0.384 e. The second-order valence-corrected chi connectivity index (χ2v) is 9.59. The van der Waals surface area contributed by atoms with Crippen LogP contribution in [-0.2, 0) is 6.42 Å². The molecule has 36 heavy (non-hydrogen) atoms. The molecule has 0 bridgehead atoms. The SMILES string of the molecule is Cc1ccc(NCCN2CCCC2)c(CC(=O)c2ccc(C)c(C#Cc3cnc4ccccn34)c2)c1. The van der Waals surface area contributed by atoms with Gasteiger partial charge in [0.05, 0.1) is 6.20 Å². The first-order valence-corrected chi connectivity index (χ1v) is 12.7. The summed E-state index contributed by atoms with van der Waals surface area (Å²) >= 11 is 0. The van der Waals surface area contributed by atoms with Crippen molar-refractivity contribution in [1.82, 2.24) is 14.3 Å². The Bertz CT molecular complexity index is 1450. The number of carbonyl (C=O) groups is 1. The first-order chi connectivity index (χ1) is 17.6. The predicted molar refractivity (Wildman–Crippen MR) is 146 cm³/mol. The standard InChI is InChI=1S/C31H32N4O/c1-23-8-13-29(32-14-18-34-15-5-6-16-34)27(19-23)21-30(36)26-10-9-24(2)25(20-26)11-12-28-22-33-31-7-3-4-17-35(28)31/h3-4,7-10,13,17,19-20,22,32H,5-6,14-16,18,21H2,1-2H3. The summed E-state index contributed by atoms with van der Waals surface area (Å²) in [5.41, 5.74) is 7.54. The van der Waals surface area contributed by atoms with Crippen LogP contribution in [-0.4, -0.2) is 46.2 Å². The molecule has 2 aromatic heterocycles. The van der Waals surface area contributed by atoms with Crippen LogP contribution in [0.4, 0.5) is 5.69 Å². The number of ketones is 1. The molecule has 0 atom stereocenters. The highest BCUT2D eigenvalue weighted by Crippen LogP contribution is 2.21. The highest BCUT2D eigenvalue weighted by molar-refractivity contribution is 5.98. The Hall–Kier alpha value is -3.88. The van der Waals surface area contributed by atoms with Crippen LogP contribution in [0, 0.1) is 25.7 Å². The number of imidazole rings is 1. The molecule has 5 nitrogen and oxygen atoms in total. The normalized spacial score (nSPS) is 13.5. The van der Waals surface area contributed by atoms with Gasteiger partial charge in [-0.3, -0.25) is 9.20 Å². The zero-order chi connectivity index (χ0) is 24.9. The average Bonchev–Trinajstić information content (AvgIpc) is 3.55. The van der Waals surface area contributed by atoms with E-state index in [0.29, 0.717) is 12.0 Å². The van der Waals surface area contributed by atoms with E-state index in [2.05, 4.69) is 52.2 Å². The molecule has 2 aromatic carbocycles. The van der Waals surface area contributed by atoms with Gasteiger partial charge in [0.1, 0.15) is 11.3 Å². The molecule has 5 heteroatoms. The summed E-state index contributed by atoms with van der Waals surface area (Å²) in [6.45, 7) is 8.40. The molecule has 0 spiro atoms. The Morgan fingerprint density at radius 2 is 1.89 bits per heavy atom. The minimum atomic E-state index is 0.0982. The second-order valence-electron chi connectivity index (χ2n) is 9.59. The number of nitrogens with zero attached hydrogens (tertiary/aromatic N) is 3. The molecular weight excluding hydrogens is 444 g/mol. The molecule has 0 amide bonds. The van der Waals surface area contributed by atoms with Crippen LogP contribution in [0.1, 0.15) is 51.1 Å². The number of nitrogens with one attached hydrogen (secondary N) is 1. The molecule has 1 aliphatic rings. The number of fused-ring (bicyclic) bond motifs is 1. The number of carbonyl (C=O) groups excluding carboxylic acids is 1. The van der Waals surface area contributed by atoms with E-state index >= 15 is 0 Å². The Labute approximate surface area is 213 Å². The molecule has 1 N–H and O–H groups in total. The van der Waals surface area contributed by atoms with Gasteiger partial charge in [-0.2, -0.15) is 0 Å². The maximum atomic E-state index is 13.3. The Morgan fingerprint density at radius 3 is 2.75 bits per heavy atom. The molecule has 3 heterocycles. The lowest BCUT2D eigenvalue weighted by atomic mass is 9.97. The third-order valence-electron chi connectivity index (χ3n) is 6.86. The van der Waals surface area contributed by atoms with E-state index in [1.807, 2.05) is 53.9 Å². The van der Waals surface area contributed by atoms with Crippen LogP contribution >= 0.6 is 0 Å². The fraction of sp³-hybridized carbons (Fsp3) is 0.290. The Balaban J connectivity index is 1.32. The van der Waals surface area contributed by atoms with Gasteiger partial charge in [-0.05, 0) is 81.1 Å². The van der Waals surface area contributed by atoms with Crippen LogP contribution < -0.4 is 5.32 Å². The van der Waals surface area contributed by atoms with Crippen molar-refractivity contribution in [2.75, 3.05) is 31.5 Å². The summed E-state index contributed by atoms with van der Waals surface area (Å²) in [7, 11) is 0. The van der Waals surface area contributed by atoms with Crippen molar-refractivity contribution < 1.29 is 4.79 Å². The molecule has 0 unspecified atom stereocenters. The number of rotatable bonds is 7. The largest absolute Gasteiger partial charge is 0.384 e. The van der Waals surface area contributed by atoms with Crippen LogP contribution in [0.15, 0.2) is 67.0 Å². The monoisotopic (exact) mass is 476 g/mol. The van der Waals surface area contributed by atoms with Gasteiger partial charge in [0.25, 0.3) is 0 Å². The quantitative estimate of drug-likeness (QED) is 0.291. The fourth-order valence-electron chi connectivity index (χ4n) is 4.76. The molecule has 0 saturated carbocycles. The van der Waals surface area contributed by atoms with Gasteiger partial charge < -0.3 is 10.2 Å². The van der Waals surface area contributed by atoms with Crippen molar-refractivity contribution >= 4 is 17.1 Å². The number of hydrogen-bond acceptors (Lipinski definition) is 4. The second kappa shape index (κ2) is 10.8. The summed E-state index contributed by atoms with van der Waals surface area (Å²) in [5, 5.41) is 3.57. The van der Waals surface area contributed by atoms with Gasteiger partial charge >= 0.3 is 0 Å². The Kier molecular flexibility index (Phi) is 7.16. The zero-order valence-corrected chi connectivity index (χ0v) is 21.1. The molecule has 1 aliphatic heterocycles. The van der Waals surface area contributed by atoms with E-state index in [9.17, 15) is 4.79 Å². The maximum Gasteiger partial charge on any atom is 0.167 e. The van der Waals surface area contributed by atoms with Gasteiger partial charge in [0.15, 0.2) is 5.78 Å². The van der Waals surface area contributed by atoms with Gasteiger partial charge in [-0.1, -0.05) is 41.8 Å². The van der Waals surface area contributed by atoms with Crippen molar-refractivity contribution in [3.05, 3.63) is 101 Å². The van der Waals surface area contributed by atoms with Crippen LogP contribution in [0.5, 0.6) is 0 Å². The van der Waals surface area contributed by atoms with Crippen LogP contribution in [0.3, 0.4) is 0 Å². The average molecular weight is 477 g/mol. The number of aryl methyl sites for hydroxylation is 2. The third kappa shape index (κ3) is 5.50. The van der Waals surface area contributed by atoms with E-state index in [4.69, 9.17) is 0 Å². The van der Waals surface area contributed by atoms with Crippen LogP contribution in [0.25, 0.3) is 5.65 Å². The molecule has 1 fully saturated rings. The first-order valence-electron chi connectivity index (χ1n) is 12.7. The number of pyridine rings is 1. The number of aromatic nitrogens is 2. The highest BCUT2D eigenvalue weighted by atomic mass is 16.1. The summed E-state index contributed by atoms with van der Waals surface area (Å²) < 4.78 is 1.97. The van der Waals surface area contributed by atoms with E-state index in [1.54, 1.807) is 6.20 Å². The number of hydrogen-bond donors (Lipinski definition) is 1. The van der Waals surface area contributed by atoms with Gasteiger partial charge in [-0.15, -0.1) is 0 Å². The van der Waals surface area contributed by atoms with Crippen molar-refractivity contribution in [3.63, 3.8) is 0 Å². The van der Waals surface area contributed by atoms with Crippen molar-refractivity contribution in [1.29, 1.82) is 0 Å². The number of benzene rings is 2. The summed E-state index contributed by atoms with van der Waals surface area (Å²) in [4.78, 5) is 20.2. The molecule has 182 valence electrons. The van der Waals surface area contributed by atoms with Gasteiger partial charge in [0, 0.05) is 42.5 Å². The molecule has 1 saturated heterocycles. The van der Waals surface area contributed by atoms with Gasteiger partial charge in [-0.25, -0.2) is 4.98 Å². The summed E-state index contributed by atoms with van der Waals surface area (Å²) in [6, 6.07) is 18.0. The molecule has 0 radical (unpaired) electrons. The van der Waals surface area contributed by atoms with Crippen molar-refractivity contribution in [3.8, 4) is 11.8 Å². The summed E-state index contributed by atoms with van der Waals surface area (Å²) in [5.74, 6) is 6.59. The summed E-state index contributed by atoms with van der Waals surface area (Å²) in [6.07, 6.45) is 6.69. The van der Waals surface area contributed by atoms with E-state index < -0.39 is 0 Å². The molecule has 4 aromatic rings. The lowest BCUT2D eigenvalue weighted by Gasteiger charge is -2.17. The topological polar surface area (TPSA) is 49.6 Å². The fourth-order valence-corrected chi connectivity index (χ4v) is 4.76. The Morgan fingerprint density at radius 1 is 1.03 bits per heavy atom. The number of Topliss-reactive ketones (excluding diaryl/α,β-unsaturated/α-hetero) is 1. The van der Waals surface area contributed by atoms with Crippen molar-refractivity contribution in [2.45, 2.75) is 33.1 Å². The molecular formula is C31H32N4O. The lowest BCUT2D eigenvalue weighted by molar-refractivity contribution is 0.0993. The van der Waals surface area contributed by atoms with Crippen LogP contribution in [0.2, 0.25) is 0 Å². The molecule has 0 aliphatic carbocycles. The van der Waals surface area contributed by atoms with E-state index in [-0.39, 0.29) is 5.78 Å². The van der Waals surface area contributed by atoms with Gasteiger partial charge in [0.2, 0.25) is 0 Å².